The standard InChI is InChI=1S/C18H30O2/c1-13(2)7-11-17(14(3)4)12-9-15(5)8-10-16(6)18(19)20/h9,16-17H,1,3,7-8,10-12H2,2,4-6H3,(H,19,20)/b15-9+. The van der Waals surface area contributed by atoms with Gasteiger partial charge in [-0.05, 0) is 58.8 Å². The van der Waals surface area contributed by atoms with Crippen molar-refractivity contribution in [2.45, 2.75) is 59.8 Å². The highest BCUT2D eigenvalue weighted by atomic mass is 16.4. The van der Waals surface area contributed by atoms with E-state index in [2.05, 4.69) is 40.0 Å². The second kappa shape index (κ2) is 9.57. The summed E-state index contributed by atoms with van der Waals surface area (Å²) in [6, 6.07) is 0. The molecule has 0 aliphatic heterocycles. The predicted molar refractivity (Wildman–Crippen MR) is 86.8 cm³/mol. The van der Waals surface area contributed by atoms with Crippen molar-refractivity contribution in [1.82, 2.24) is 0 Å². The van der Waals surface area contributed by atoms with Gasteiger partial charge in [0.05, 0.1) is 5.92 Å². The zero-order chi connectivity index (χ0) is 15.7. The van der Waals surface area contributed by atoms with Crippen molar-refractivity contribution < 1.29 is 9.90 Å². The summed E-state index contributed by atoms with van der Waals surface area (Å²) in [6.07, 6.45) is 6.95. The van der Waals surface area contributed by atoms with Crippen LogP contribution in [0.3, 0.4) is 0 Å². The Morgan fingerprint density at radius 3 is 2.20 bits per heavy atom. The summed E-state index contributed by atoms with van der Waals surface area (Å²) in [7, 11) is 0. The zero-order valence-corrected chi connectivity index (χ0v) is 13.5. The molecule has 20 heavy (non-hydrogen) atoms. The van der Waals surface area contributed by atoms with E-state index >= 15 is 0 Å². The number of carbonyl (C=O) groups is 1. The largest absolute Gasteiger partial charge is 0.481 e. The van der Waals surface area contributed by atoms with E-state index in [0.29, 0.717) is 12.3 Å². The van der Waals surface area contributed by atoms with Crippen LogP contribution in [0, 0.1) is 11.8 Å². The molecule has 0 aromatic carbocycles. The van der Waals surface area contributed by atoms with E-state index in [9.17, 15) is 4.79 Å². The summed E-state index contributed by atoms with van der Waals surface area (Å²) in [5, 5.41) is 8.87. The van der Waals surface area contributed by atoms with Crippen molar-refractivity contribution in [3.05, 3.63) is 36.0 Å². The summed E-state index contributed by atoms with van der Waals surface area (Å²) in [4.78, 5) is 10.8. The van der Waals surface area contributed by atoms with Crippen LogP contribution in [0.1, 0.15) is 59.8 Å². The monoisotopic (exact) mass is 278 g/mol. The molecule has 0 aromatic heterocycles. The average Bonchev–Trinajstić information content (AvgIpc) is 2.34. The van der Waals surface area contributed by atoms with E-state index in [0.717, 1.165) is 25.7 Å². The third-order valence-corrected chi connectivity index (χ3v) is 3.76. The van der Waals surface area contributed by atoms with Crippen LogP contribution >= 0.6 is 0 Å². The van der Waals surface area contributed by atoms with E-state index < -0.39 is 5.97 Å². The van der Waals surface area contributed by atoms with Gasteiger partial charge in [0.15, 0.2) is 0 Å². The number of carboxylic acid groups (broad SMARTS) is 1. The molecule has 0 saturated heterocycles. The minimum absolute atomic E-state index is 0.265. The molecule has 2 unspecified atom stereocenters. The summed E-state index contributed by atoms with van der Waals surface area (Å²) in [5.41, 5.74) is 3.71. The molecular formula is C18H30O2. The Labute approximate surface area is 124 Å². The molecule has 0 amide bonds. The third kappa shape index (κ3) is 8.73. The number of carboxylic acids is 1. The van der Waals surface area contributed by atoms with E-state index in [4.69, 9.17) is 5.11 Å². The van der Waals surface area contributed by atoms with Gasteiger partial charge < -0.3 is 5.11 Å². The molecule has 0 rings (SSSR count). The van der Waals surface area contributed by atoms with Crippen molar-refractivity contribution in [3.8, 4) is 0 Å². The maximum absolute atomic E-state index is 10.8. The summed E-state index contributed by atoms with van der Waals surface area (Å²) >= 11 is 0. The first-order chi connectivity index (χ1) is 9.23. The Bertz CT molecular complexity index is 377. The lowest BCUT2D eigenvalue weighted by Gasteiger charge is -2.16. The molecule has 114 valence electrons. The molecule has 0 spiro atoms. The van der Waals surface area contributed by atoms with Crippen molar-refractivity contribution in [2.24, 2.45) is 11.8 Å². The van der Waals surface area contributed by atoms with E-state index in [1.54, 1.807) is 6.92 Å². The van der Waals surface area contributed by atoms with Gasteiger partial charge in [0, 0.05) is 0 Å². The molecule has 0 radical (unpaired) electrons. The van der Waals surface area contributed by atoms with Gasteiger partial charge in [0.2, 0.25) is 0 Å². The lowest BCUT2D eigenvalue weighted by atomic mass is 9.90. The number of rotatable bonds is 10. The smallest absolute Gasteiger partial charge is 0.306 e. The van der Waals surface area contributed by atoms with Crippen molar-refractivity contribution in [2.75, 3.05) is 0 Å². The minimum atomic E-state index is -0.709. The van der Waals surface area contributed by atoms with Crippen molar-refractivity contribution >= 4 is 5.97 Å². The lowest BCUT2D eigenvalue weighted by molar-refractivity contribution is -0.141. The average molecular weight is 278 g/mol. The Morgan fingerprint density at radius 2 is 1.75 bits per heavy atom. The molecule has 0 aromatic rings. The number of aliphatic carboxylic acids is 1. The SMILES string of the molecule is C=C(C)CCC(C/C=C(\C)CCC(C)C(=O)O)C(=C)C. The quantitative estimate of drug-likeness (QED) is 0.545. The second-order valence-electron chi connectivity index (χ2n) is 6.10. The number of hydrogen-bond donors (Lipinski definition) is 1. The molecule has 0 aliphatic rings. The fraction of sp³-hybridized carbons (Fsp3) is 0.611. The first kappa shape index (κ1) is 18.7. The van der Waals surface area contributed by atoms with Gasteiger partial charge in [-0.15, -0.1) is 6.58 Å². The highest BCUT2D eigenvalue weighted by molar-refractivity contribution is 5.69. The van der Waals surface area contributed by atoms with Crippen molar-refractivity contribution in [1.29, 1.82) is 0 Å². The topological polar surface area (TPSA) is 37.3 Å². The molecule has 0 heterocycles. The molecule has 1 N–H and O–H groups in total. The number of hydrogen-bond acceptors (Lipinski definition) is 1. The first-order valence-corrected chi connectivity index (χ1v) is 7.42. The highest BCUT2D eigenvalue weighted by Crippen LogP contribution is 2.23. The van der Waals surface area contributed by atoms with Crippen LogP contribution in [0.4, 0.5) is 0 Å². The van der Waals surface area contributed by atoms with Crippen LogP contribution < -0.4 is 0 Å². The van der Waals surface area contributed by atoms with Gasteiger partial charge in [-0.2, -0.15) is 0 Å². The fourth-order valence-corrected chi connectivity index (χ4v) is 2.00. The fourth-order valence-electron chi connectivity index (χ4n) is 2.00. The lowest BCUT2D eigenvalue weighted by Crippen LogP contribution is -2.09. The molecule has 0 bridgehead atoms. The van der Waals surface area contributed by atoms with E-state index in [1.807, 2.05) is 0 Å². The molecule has 2 atom stereocenters. The molecule has 0 aliphatic carbocycles. The van der Waals surface area contributed by atoms with Gasteiger partial charge in [0.1, 0.15) is 0 Å². The Morgan fingerprint density at radius 1 is 1.15 bits per heavy atom. The molecule has 0 saturated carbocycles. The van der Waals surface area contributed by atoms with Crippen molar-refractivity contribution in [3.63, 3.8) is 0 Å². The maximum atomic E-state index is 10.8. The molecular weight excluding hydrogens is 248 g/mol. The van der Waals surface area contributed by atoms with E-state index in [1.165, 1.54) is 16.7 Å². The molecule has 2 nitrogen and oxygen atoms in total. The van der Waals surface area contributed by atoms with Gasteiger partial charge >= 0.3 is 5.97 Å². The minimum Gasteiger partial charge on any atom is -0.481 e. The second-order valence-corrected chi connectivity index (χ2v) is 6.10. The molecule has 0 fully saturated rings. The van der Waals surface area contributed by atoms with Crippen LogP contribution in [0.2, 0.25) is 0 Å². The van der Waals surface area contributed by atoms with Gasteiger partial charge in [0.25, 0.3) is 0 Å². The maximum Gasteiger partial charge on any atom is 0.306 e. The van der Waals surface area contributed by atoms with E-state index in [-0.39, 0.29) is 5.92 Å². The van der Waals surface area contributed by atoms with Crippen LogP contribution in [0.5, 0.6) is 0 Å². The summed E-state index contributed by atoms with van der Waals surface area (Å²) in [6.45, 7) is 16.0. The predicted octanol–water partition coefficient (Wildman–Crippen LogP) is 5.37. The Hall–Kier alpha value is -1.31. The highest BCUT2D eigenvalue weighted by Gasteiger charge is 2.11. The van der Waals surface area contributed by atoms with Gasteiger partial charge in [-0.1, -0.05) is 36.3 Å². The summed E-state index contributed by atoms with van der Waals surface area (Å²) in [5.74, 6) is -0.476. The van der Waals surface area contributed by atoms with Crippen LogP contribution in [0.15, 0.2) is 36.0 Å². The van der Waals surface area contributed by atoms with Gasteiger partial charge in [-0.3, -0.25) is 4.79 Å². The number of allylic oxidation sites excluding steroid dienone is 4. The van der Waals surface area contributed by atoms with Crippen LogP contribution in [-0.4, -0.2) is 11.1 Å². The van der Waals surface area contributed by atoms with Crippen LogP contribution in [0.25, 0.3) is 0 Å². The van der Waals surface area contributed by atoms with Crippen LogP contribution in [-0.2, 0) is 4.79 Å². The first-order valence-electron chi connectivity index (χ1n) is 7.42. The summed E-state index contributed by atoms with van der Waals surface area (Å²) < 4.78 is 0. The zero-order valence-electron chi connectivity index (χ0n) is 13.5. The normalized spacial score (nSPS) is 14.7. The third-order valence-electron chi connectivity index (χ3n) is 3.76. The Kier molecular flexibility index (Phi) is 8.94. The Balaban J connectivity index is 4.29. The molecule has 2 heteroatoms. The van der Waals surface area contributed by atoms with Gasteiger partial charge in [-0.25, -0.2) is 0 Å².